The van der Waals surface area contributed by atoms with Gasteiger partial charge in [0.25, 0.3) is 5.91 Å². The summed E-state index contributed by atoms with van der Waals surface area (Å²) in [5.74, 6) is -0.0471. The van der Waals surface area contributed by atoms with Crippen molar-refractivity contribution in [2.45, 2.75) is 13.5 Å². The van der Waals surface area contributed by atoms with E-state index in [4.69, 9.17) is 5.10 Å². The third-order valence-electron chi connectivity index (χ3n) is 5.74. The van der Waals surface area contributed by atoms with E-state index in [1.165, 1.54) is 6.33 Å². The molecular weight excluding hydrogens is 424 g/mol. The summed E-state index contributed by atoms with van der Waals surface area (Å²) in [6.07, 6.45) is 5.13. The molecule has 1 amide bonds. The van der Waals surface area contributed by atoms with Gasteiger partial charge in [0, 0.05) is 36.5 Å². The van der Waals surface area contributed by atoms with Gasteiger partial charge in [-0.15, -0.1) is 0 Å². The van der Waals surface area contributed by atoms with Crippen LogP contribution < -0.4 is 0 Å². The first-order valence-electron chi connectivity index (χ1n) is 11.0. The van der Waals surface area contributed by atoms with Gasteiger partial charge in [-0.25, -0.2) is 14.3 Å². The molecule has 0 unspecified atom stereocenters. The maximum absolute atomic E-state index is 13.4. The molecule has 2 heterocycles. The molecule has 7 heteroatoms. The molecule has 34 heavy (non-hydrogen) atoms. The van der Waals surface area contributed by atoms with E-state index in [9.17, 15) is 4.79 Å². The van der Waals surface area contributed by atoms with Gasteiger partial charge in [-0.3, -0.25) is 4.79 Å². The Kier molecular flexibility index (Phi) is 5.74. The Labute approximate surface area is 197 Å². The minimum Gasteiger partial charge on any atom is -0.337 e. The van der Waals surface area contributed by atoms with E-state index in [-0.39, 0.29) is 5.91 Å². The van der Waals surface area contributed by atoms with Crippen LogP contribution in [0.2, 0.25) is 0 Å². The number of rotatable bonds is 6. The second kappa shape index (κ2) is 9.15. The highest BCUT2D eigenvalue weighted by atomic mass is 16.2. The Hall–Kier alpha value is -4.52. The summed E-state index contributed by atoms with van der Waals surface area (Å²) < 4.78 is 3.54. The summed E-state index contributed by atoms with van der Waals surface area (Å²) in [5.41, 5.74) is 6.23. The van der Waals surface area contributed by atoms with Gasteiger partial charge in [0.1, 0.15) is 12.7 Å². The quantitative estimate of drug-likeness (QED) is 0.378. The molecule has 0 aliphatic heterocycles. The molecule has 0 aliphatic rings. The Morgan fingerprint density at radius 2 is 1.65 bits per heavy atom. The van der Waals surface area contributed by atoms with Gasteiger partial charge in [-0.2, -0.15) is 10.2 Å². The van der Waals surface area contributed by atoms with Crippen molar-refractivity contribution in [3.05, 3.63) is 114 Å². The van der Waals surface area contributed by atoms with Crippen molar-refractivity contribution in [3.8, 4) is 22.6 Å². The lowest BCUT2D eigenvalue weighted by Crippen LogP contribution is -2.27. The van der Waals surface area contributed by atoms with E-state index in [1.54, 1.807) is 15.9 Å². The minimum atomic E-state index is -0.0471. The van der Waals surface area contributed by atoms with Crippen molar-refractivity contribution in [3.63, 3.8) is 0 Å². The first-order valence-corrected chi connectivity index (χ1v) is 11.0. The van der Waals surface area contributed by atoms with Gasteiger partial charge in [0.15, 0.2) is 0 Å². The fraction of sp³-hybridized carbons (Fsp3) is 0.111. The molecule has 0 radical (unpaired) electrons. The third kappa shape index (κ3) is 4.23. The number of nitrogens with zero attached hydrogens (tertiary/aromatic N) is 6. The van der Waals surface area contributed by atoms with Crippen molar-refractivity contribution in [1.29, 1.82) is 0 Å². The average Bonchev–Trinajstić information content (AvgIpc) is 3.55. The monoisotopic (exact) mass is 448 g/mol. The number of amides is 1. The molecule has 0 fully saturated rings. The molecular formula is C27H24N6O. The first-order chi connectivity index (χ1) is 16.6. The summed E-state index contributed by atoms with van der Waals surface area (Å²) in [6, 6.07) is 25.7. The molecule has 5 rings (SSSR count). The fourth-order valence-corrected chi connectivity index (χ4v) is 3.98. The smallest absolute Gasteiger partial charge is 0.254 e. The number of carbonyl (C=O) groups excluding carboxylic acids is 1. The maximum Gasteiger partial charge on any atom is 0.254 e. The number of hydrogen-bond donors (Lipinski definition) is 0. The molecule has 2 aromatic heterocycles. The van der Waals surface area contributed by atoms with Crippen LogP contribution in [0.25, 0.3) is 22.6 Å². The van der Waals surface area contributed by atoms with Crippen molar-refractivity contribution in [1.82, 2.24) is 29.4 Å². The van der Waals surface area contributed by atoms with Crippen molar-refractivity contribution in [2.75, 3.05) is 7.05 Å². The highest BCUT2D eigenvalue weighted by molar-refractivity contribution is 5.95. The number of aryl methyl sites for hydroxylation is 1. The van der Waals surface area contributed by atoms with Crippen molar-refractivity contribution >= 4 is 5.91 Å². The highest BCUT2D eigenvalue weighted by Gasteiger charge is 2.19. The average molecular weight is 449 g/mol. The van der Waals surface area contributed by atoms with Gasteiger partial charge >= 0.3 is 0 Å². The zero-order valence-electron chi connectivity index (χ0n) is 19.0. The second-order valence-electron chi connectivity index (χ2n) is 8.15. The van der Waals surface area contributed by atoms with E-state index < -0.39 is 0 Å². The van der Waals surface area contributed by atoms with Crippen LogP contribution in [0.3, 0.4) is 0 Å². The summed E-state index contributed by atoms with van der Waals surface area (Å²) >= 11 is 0. The van der Waals surface area contributed by atoms with E-state index >= 15 is 0 Å². The molecule has 0 saturated heterocycles. The molecule has 5 aromatic rings. The fourth-order valence-electron chi connectivity index (χ4n) is 3.98. The molecule has 7 nitrogen and oxygen atoms in total. The van der Waals surface area contributed by atoms with E-state index in [2.05, 4.69) is 10.1 Å². The van der Waals surface area contributed by atoms with Crippen LogP contribution in [0.15, 0.2) is 97.7 Å². The zero-order chi connectivity index (χ0) is 23.5. The Morgan fingerprint density at radius 1 is 0.912 bits per heavy atom. The Morgan fingerprint density at radius 3 is 2.32 bits per heavy atom. The van der Waals surface area contributed by atoms with Crippen molar-refractivity contribution in [2.24, 2.45) is 0 Å². The van der Waals surface area contributed by atoms with Crippen molar-refractivity contribution < 1.29 is 4.79 Å². The molecule has 0 bridgehead atoms. The predicted octanol–water partition coefficient (Wildman–Crippen LogP) is 4.70. The number of benzene rings is 3. The molecule has 0 N–H and O–H groups in total. The molecule has 0 saturated carbocycles. The van der Waals surface area contributed by atoms with E-state index in [0.717, 1.165) is 33.8 Å². The van der Waals surface area contributed by atoms with Gasteiger partial charge < -0.3 is 4.90 Å². The molecule has 3 aromatic carbocycles. The van der Waals surface area contributed by atoms with Gasteiger partial charge in [-0.05, 0) is 42.8 Å². The second-order valence-corrected chi connectivity index (χ2v) is 8.15. The Bertz CT molecular complexity index is 1410. The number of carbonyl (C=O) groups is 1. The van der Waals surface area contributed by atoms with E-state index in [0.29, 0.717) is 12.1 Å². The highest BCUT2D eigenvalue weighted by Crippen LogP contribution is 2.25. The van der Waals surface area contributed by atoms with Gasteiger partial charge in [-0.1, -0.05) is 48.5 Å². The first kappa shape index (κ1) is 21.3. The molecule has 0 spiro atoms. The van der Waals surface area contributed by atoms with E-state index in [1.807, 2.05) is 104 Å². The van der Waals surface area contributed by atoms with Gasteiger partial charge in [0.2, 0.25) is 0 Å². The van der Waals surface area contributed by atoms with Crippen LogP contribution in [0.5, 0.6) is 0 Å². The van der Waals surface area contributed by atoms with Crippen LogP contribution in [0, 0.1) is 6.92 Å². The lowest BCUT2D eigenvalue weighted by molar-refractivity contribution is 0.0784. The normalized spacial score (nSPS) is 10.9. The molecule has 168 valence electrons. The number of aromatic nitrogens is 5. The van der Waals surface area contributed by atoms with Crippen LogP contribution in [0.4, 0.5) is 0 Å². The number of hydrogen-bond acceptors (Lipinski definition) is 4. The summed E-state index contributed by atoms with van der Waals surface area (Å²) in [7, 11) is 1.82. The standard InChI is InChI=1S/C27H24N6O/c1-20-15-24(33-19-28-18-29-33)13-14-25(20)27(34)31(2)16-22-17-32(23-11-7-4-8-12-23)30-26(22)21-9-5-3-6-10-21/h3-15,17-19H,16H2,1-2H3. The largest absolute Gasteiger partial charge is 0.337 e. The molecule has 0 atom stereocenters. The summed E-state index contributed by atoms with van der Waals surface area (Å²) in [6.45, 7) is 2.37. The number of para-hydroxylation sites is 1. The lowest BCUT2D eigenvalue weighted by atomic mass is 10.1. The van der Waals surface area contributed by atoms with Crippen LogP contribution in [-0.2, 0) is 6.54 Å². The summed E-state index contributed by atoms with van der Waals surface area (Å²) in [5, 5.41) is 9.02. The summed E-state index contributed by atoms with van der Waals surface area (Å²) in [4.78, 5) is 19.1. The minimum absolute atomic E-state index is 0.0471. The van der Waals surface area contributed by atoms with Crippen LogP contribution in [-0.4, -0.2) is 42.4 Å². The topological polar surface area (TPSA) is 68.8 Å². The lowest BCUT2D eigenvalue weighted by Gasteiger charge is -2.19. The Balaban J connectivity index is 1.44. The zero-order valence-corrected chi connectivity index (χ0v) is 19.0. The maximum atomic E-state index is 13.4. The molecule has 0 aliphatic carbocycles. The van der Waals surface area contributed by atoms with Gasteiger partial charge in [0.05, 0.1) is 17.1 Å². The SMILES string of the molecule is Cc1cc(-n2cncn2)ccc1C(=O)N(C)Cc1cn(-c2ccccc2)nc1-c1ccccc1. The van der Waals surface area contributed by atoms with Crippen LogP contribution in [0.1, 0.15) is 21.5 Å². The predicted molar refractivity (Wildman–Crippen MR) is 131 cm³/mol. The van der Waals surface area contributed by atoms with Crippen LogP contribution >= 0.6 is 0 Å². The third-order valence-corrected chi connectivity index (χ3v) is 5.74.